The molecule has 0 fully saturated rings. The number of amides is 2. The fourth-order valence-corrected chi connectivity index (χ4v) is 4.80. The zero-order chi connectivity index (χ0) is 27.9. The highest BCUT2D eigenvalue weighted by Gasteiger charge is 2.33. The molecule has 8 nitrogen and oxygen atoms in total. The van der Waals surface area contributed by atoms with E-state index in [1.165, 1.54) is 4.68 Å². The molecule has 40 heavy (non-hydrogen) atoms. The lowest BCUT2D eigenvalue weighted by Gasteiger charge is -2.28. The van der Waals surface area contributed by atoms with Crippen LogP contribution in [0.2, 0.25) is 0 Å². The number of carbonyl (C=O) groups is 2. The Balaban J connectivity index is 1.48. The second-order valence-corrected chi connectivity index (χ2v) is 9.35. The number of hydrogen-bond acceptors (Lipinski definition) is 5. The third kappa shape index (κ3) is 5.82. The summed E-state index contributed by atoms with van der Waals surface area (Å²) >= 11 is 0. The molecule has 0 aliphatic heterocycles. The number of aliphatic hydroxyl groups excluding tert-OH is 1. The van der Waals surface area contributed by atoms with Crippen LogP contribution in [0.15, 0.2) is 116 Å². The molecule has 0 spiro atoms. The molecule has 5 rings (SSSR count). The third-order valence-corrected chi connectivity index (χ3v) is 6.81. The van der Waals surface area contributed by atoms with Crippen LogP contribution in [0.3, 0.4) is 0 Å². The molecule has 0 saturated carbocycles. The van der Waals surface area contributed by atoms with E-state index in [1.54, 1.807) is 43.8 Å². The van der Waals surface area contributed by atoms with Gasteiger partial charge < -0.3 is 15.7 Å². The van der Waals surface area contributed by atoms with E-state index in [1.807, 2.05) is 78.9 Å². The van der Waals surface area contributed by atoms with Crippen LogP contribution in [0.4, 0.5) is 5.69 Å². The maximum atomic E-state index is 14.0. The molecule has 0 aliphatic rings. The minimum atomic E-state index is -0.937. The smallest absolute Gasteiger partial charge is 0.270 e. The van der Waals surface area contributed by atoms with Gasteiger partial charge in [-0.15, -0.1) is 0 Å². The van der Waals surface area contributed by atoms with Crippen LogP contribution in [0.5, 0.6) is 0 Å². The summed E-state index contributed by atoms with van der Waals surface area (Å²) in [6.07, 6.45) is 4.85. The summed E-state index contributed by atoms with van der Waals surface area (Å²) in [6.45, 7) is -0.125. The van der Waals surface area contributed by atoms with E-state index in [-0.39, 0.29) is 12.5 Å². The van der Waals surface area contributed by atoms with Crippen molar-refractivity contribution in [2.45, 2.75) is 18.6 Å². The van der Waals surface area contributed by atoms with E-state index in [2.05, 4.69) is 20.7 Å². The number of aliphatic hydroxyl groups is 1. The molecule has 2 amide bonds. The SMILES string of the molecule is Cn1nccc1C(=O)NC(C(=O)Nc1ccc(-c2ccncc2CO)cc1)C(c1ccccc1)c1ccccc1. The Labute approximate surface area is 232 Å². The van der Waals surface area contributed by atoms with Crippen LogP contribution in [-0.4, -0.2) is 37.7 Å². The van der Waals surface area contributed by atoms with Gasteiger partial charge in [-0.25, -0.2) is 0 Å². The van der Waals surface area contributed by atoms with E-state index < -0.39 is 17.9 Å². The third-order valence-electron chi connectivity index (χ3n) is 6.81. The molecule has 3 N–H and O–H groups in total. The standard InChI is InChI=1S/C32H29N5O3/c1-37-28(17-19-34-37)31(39)36-30(29(23-8-4-2-5-9-23)24-10-6-3-7-11-24)32(40)35-26-14-12-22(13-15-26)27-16-18-33-20-25(27)21-38/h2-20,29-30,38H,21H2,1H3,(H,35,40)(H,36,39). The van der Waals surface area contributed by atoms with Gasteiger partial charge >= 0.3 is 0 Å². The van der Waals surface area contributed by atoms with Crippen molar-refractivity contribution in [3.8, 4) is 11.1 Å². The first-order valence-electron chi connectivity index (χ1n) is 12.9. The Morgan fingerprint density at radius 2 is 1.50 bits per heavy atom. The number of nitrogens with one attached hydrogen (secondary N) is 2. The summed E-state index contributed by atoms with van der Waals surface area (Å²) < 4.78 is 1.48. The lowest BCUT2D eigenvalue weighted by atomic mass is 9.84. The maximum Gasteiger partial charge on any atom is 0.270 e. The lowest BCUT2D eigenvalue weighted by molar-refractivity contribution is -0.118. The summed E-state index contributed by atoms with van der Waals surface area (Å²) in [5.41, 5.74) is 5.17. The molecule has 0 aliphatic carbocycles. The molecule has 5 aromatic rings. The molecule has 200 valence electrons. The van der Waals surface area contributed by atoms with Gasteiger partial charge in [-0.1, -0.05) is 72.8 Å². The summed E-state index contributed by atoms with van der Waals surface area (Å²) in [5, 5.41) is 19.8. The quantitative estimate of drug-likeness (QED) is 0.259. The maximum absolute atomic E-state index is 14.0. The highest BCUT2D eigenvalue weighted by molar-refractivity contribution is 6.01. The van der Waals surface area contributed by atoms with Crippen molar-refractivity contribution < 1.29 is 14.7 Å². The first-order chi connectivity index (χ1) is 19.5. The summed E-state index contributed by atoms with van der Waals surface area (Å²) in [5.74, 6) is -1.22. The van der Waals surface area contributed by atoms with Crippen molar-refractivity contribution in [2.75, 3.05) is 5.32 Å². The summed E-state index contributed by atoms with van der Waals surface area (Å²) in [4.78, 5) is 31.4. The van der Waals surface area contributed by atoms with Crippen LogP contribution in [0.1, 0.15) is 33.1 Å². The Hall–Kier alpha value is -5.08. The van der Waals surface area contributed by atoms with Crippen molar-refractivity contribution in [1.29, 1.82) is 0 Å². The fourth-order valence-electron chi connectivity index (χ4n) is 4.80. The second-order valence-electron chi connectivity index (χ2n) is 9.35. The topological polar surface area (TPSA) is 109 Å². The van der Waals surface area contributed by atoms with Crippen LogP contribution < -0.4 is 10.6 Å². The fraction of sp³-hybridized carbons (Fsp3) is 0.125. The Morgan fingerprint density at radius 1 is 0.850 bits per heavy atom. The largest absolute Gasteiger partial charge is 0.392 e. The lowest BCUT2D eigenvalue weighted by Crippen LogP contribution is -2.48. The van der Waals surface area contributed by atoms with Crippen LogP contribution in [-0.2, 0) is 18.4 Å². The normalized spacial score (nSPS) is 11.7. The molecule has 1 unspecified atom stereocenters. The first kappa shape index (κ1) is 26.5. The zero-order valence-electron chi connectivity index (χ0n) is 21.9. The number of benzene rings is 3. The minimum absolute atomic E-state index is 0.125. The highest BCUT2D eigenvalue weighted by atomic mass is 16.3. The van der Waals surface area contributed by atoms with E-state index >= 15 is 0 Å². The predicted molar refractivity (Wildman–Crippen MR) is 153 cm³/mol. The van der Waals surface area contributed by atoms with E-state index in [0.717, 1.165) is 22.3 Å². The highest BCUT2D eigenvalue weighted by Crippen LogP contribution is 2.30. The molecule has 0 saturated heterocycles. The van der Waals surface area contributed by atoms with E-state index in [0.29, 0.717) is 16.9 Å². The first-order valence-corrected chi connectivity index (χ1v) is 12.9. The van der Waals surface area contributed by atoms with Crippen LogP contribution >= 0.6 is 0 Å². The van der Waals surface area contributed by atoms with Crippen LogP contribution in [0.25, 0.3) is 11.1 Å². The van der Waals surface area contributed by atoms with Gasteiger partial charge in [-0.05, 0) is 46.5 Å². The van der Waals surface area contributed by atoms with Gasteiger partial charge in [-0.2, -0.15) is 5.10 Å². The van der Waals surface area contributed by atoms with Crippen molar-refractivity contribution in [3.63, 3.8) is 0 Å². The summed E-state index contributed by atoms with van der Waals surface area (Å²) in [7, 11) is 1.68. The van der Waals surface area contributed by atoms with E-state index in [4.69, 9.17) is 0 Å². The van der Waals surface area contributed by atoms with E-state index in [9.17, 15) is 14.7 Å². The average Bonchev–Trinajstić information content (AvgIpc) is 3.44. The average molecular weight is 532 g/mol. The van der Waals surface area contributed by atoms with Crippen molar-refractivity contribution >= 4 is 17.5 Å². The number of hydrogen-bond donors (Lipinski definition) is 3. The minimum Gasteiger partial charge on any atom is -0.392 e. The van der Waals surface area contributed by atoms with Crippen molar-refractivity contribution in [1.82, 2.24) is 20.1 Å². The van der Waals surface area contributed by atoms with Gasteiger partial charge in [0.15, 0.2) is 0 Å². The second kappa shape index (κ2) is 12.2. The van der Waals surface area contributed by atoms with Gasteiger partial charge in [0.2, 0.25) is 5.91 Å². The van der Waals surface area contributed by atoms with Gasteiger partial charge in [0.1, 0.15) is 11.7 Å². The number of carbonyl (C=O) groups excluding carboxylic acids is 2. The number of pyridine rings is 1. The Morgan fingerprint density at radius 3 is 2.08 bits per heavy atom. The Bertz CT molecular complexity index is 1540. The van der Waals surface area contributed by atoms with Gasteiger partial charge in [0.25, 0.3) is 5.91 Å². The molecule has 2 aromatic heterocycles. The number of rotatable bonds is 9. The number of nitrogens with zero attached hydrogens (tertiary/aromatic N) is 3. The summed E-state index contributed by atoms with van der Waals surface area (Å²) in [6, 6.07) is 29.2. The van der Waals surface area contributed by atoms with Crippen LogP contribution in [0, 0.1) is 0 Å². The van der Waals surface area contributed by atoms with Gasteiger partial charge in [0.05, 0.1) is 6.61 Å². The number of anilines is 1. The predicted octanol–water partition coefficient (Wildman–Crippen LogP) is 4.54. The molecule has 0 radical (unpaired) electrons. The molecule has 0 bridgehead atoms. The van der Waals surface area contributed by atoms with Gasteiger partial charge in [0, 0.05) is 42.8 Å². The Kier molecular flexibility index (Phi) is 8.08. The molecular formula is C32H29N5O3. The van der Waals surface area contributed by atoms with Crippen molar-refractivity contribution in [2.24, 2.45) is 7.05 Å². The van der Waals surface area contributed by atoms with Crippen molar-refractivity contribution in [3.05, 3.63) is 138 Å². The molecule has 8 heteroatoms. The monoisotopic (exact) mass is 531 g/mol. The number of aromatic nitrogens is 3. The van der Waals surface area contributed by atoms with Gasteiger partial charge in [-0.3, -0.25) is 19.3 Å². The molecular weight excluding hydrogens is 502 g/mol. The molecule has 1 atom stereocenters. The number of aryl methyl sites for hydroxylation is 1. The molecule has 3 aromatic carbocycles. The zero-order valence-corrected chi connectivity index (χ0v) is 21.9. The molecule has 2 heterocycles.